The van der Waals surface area contributed by atoms with Gasteiger partial charge in [-0.05, 0) is 62.9 Å². The molecule has 0 aliphatic carbocycles. The third-order valence-corrected chi connectivity index (χ3v) is 5.25. The monoisotopic (exact) mass is 368 g/mol. The van der Waals surface area contributed by atoms with E-state index in [1.165, 1.54) is 5.56 Å². The highest BCUT2D eigenvalue weighted by molar-refractivity contribution is 5.84. The van der Waals surface area contributed by atoms with E-state index >= 15 is 0 Å². The first-order valence-electron chi connectivity index (χ1n) is 9.40. The van der Waals surface area contributed by atoms with Gasteiger partial charge in [0.05, 0.1) is 0 Å². The number of carbonyl (C=O) groups is 1. The molecule has 2 aromatic heterocycles. The average molecular weight is 368 g/mol. The number of pyridine rings is 2. The number of carbonyl (C=O) groups excluding carboxylic acids is 1. The molecule has 3 rings (SSSR count). The number of nitrogens with zero attached hydrogens (tertiary/aromatic N) is 3. The van der Waals surface area contributed by atoms with Crippen molar-refractivity contribution in [2.45, 2.75) is 45.1 Å². The Balaban J connectivity index is 1.74. The first-order chi connectivity index (χ1) is 12.9. The van der Waals surface area contributed by atoms with Crippen molar-refractivity contribution in [2.24, 2.45) is 0 Å². The Bertz CT molecular complexity index is 806. The van der Waals surface area contributed by atoms with E-state index in [2.05, 4.69) is 21.4 Å². The van der Waals surface area contributed by atoms with Crippen LogP contribution in [0.25, 0.3) is 0 Å². The Labute approximate surface area is 161 Å². The molecule has 0 radical (unpaired) electrons. The van der Waals surface area contributed by atoms with E-state index in [9.17, 15) is 4.79 Å². The van der Waals surface area contributed by atoms with Crippen LogP contribution in [0.2, 0.25) is 0 Å². The molecule has 144 valence electrons. The third-order valence-electron chi connectivity index (χ3n) is 5.25. The van der Waals surface area contributed by atoms with E-state index in [-0.39, 0.29) is 5.91 Å². The standard InChI is InChI=1S/C21H28N4O2/c1-15-7-5-10-23-19(15)24-18-13-16(9-11-22-18)17-8-6-12-25(14-17)20(26)21(2,3)27-4/h5,7,9-11,13,17H,6,8,12,14H2,1-4H3,(H,22,23,24)/t17-/m1/s1. The van der Waals surface area contributed by atoms with Crippen LogP contribution in [0.5, 0.6) is 0 Å². The smallest absolute Gasteiger partial charge is 0.254 e. The van der Waals surface area contributed by atoms with E-state index in [4.69, 9.17) is 4.74 Å². The minimum absolute atomic E-state index is 0.0474. The molecular formula is C21H28N4O2. The predicted octanol–water partition coefficient (Wildman–Crippen LogP) is 3.66. The second kappa shape index (κ2) is 8.05. The molecule has 27 heavy (non-hydrogen) atoms. The Kier molecular flexibility index (Phi) is 5.75. The van der Waals surface area contributed by atoms with Gasteiger partial charge in [0.25, 0.3) is 5.91 Å². The molecule has 1 saturated heterocycles. The largest absolute Gasteiger partial charge is 0.369 e. The predicted molar refractivity (Wildman–Crippen MR) is 106 cm³/mol. The summed E-state index contributed by atoms with van der Waals surface area (Å²) in [6.45, 7) is 7.15. The molecule has 1 aliphatic heterocycles. The number of anilines is 2. The number of aryl methyl sites for hydroxylation is 1. The summed E-state index contributed by atoms with van der Waals surface area (Å²) in [5.74, 6) is 1.93. The van der Waals surface area contributed by atoms with E-state index < -0.39 is 5.60 Å². The zero-order valence-corrected chi connectivity index (χ0v) is 16.5. The molecule has 1 atom stereocenters. The van der Waals surface area contributed by atoms with Crippen LogP contribution < -0.4 is 5.32 Å². The summed E-state index contributed by atoms with van der Waals surface area (Å²) in [6.07, 6.45) is 5.63. The fourth-order valence-corrected chi connectivity index (χ4v) is 3.41. The van der Waals surface area contributed by atoms with Crippen molar-refractivity contribution in [3.8, 4) is 0 Å². The first kappa shape index (κ1) is 19.3. The van der Waals surface area contributed by atoms with Crippen LogP contribution in [0.1, 0.15) is 43.7 Å². The molecule has 0 aromatic carbocycles. The SMILES string of the molecule is COC(C)(C)C(=O)N1CCC[C@@H](c2ccnc(Nc3ncccc3C)c2)C1. The van der Waals surface area contributed by atoms with Crippen molar-refractivity contribution in [1.82, 2.24) is 14.9 Å². The molecule has 0 unspecified atom stereocenters. The summed E-state index contributed by atoms with van der Waals surface area (Å²) in [6, 6.07) is 8.03. The van der Waals surface area contributed by atoms with Crippen molar-refractivity contribution in [1.29, 1.82) is 0 Å². The third kappa shape index (κ3) is 4.45. The lowest BCUT2D eigenvalue weighted by Gasteiger charge is -2.37. The summed E-state index contributed by atoms with van der Waals surface area (Å²) in [5.41, 5.74) is 1.47. The van der Waals surface area contributed by atoms with Crippen molar-refractivity contribution >= 4 is 17.5 Å². The summed E-state index contributed by atoms with van der Waals surface area (Å²) in [7, 11) is 1.58. The highest BCUT2D eigenvalue weighted by atomic mass is 16.5. The van der Waals surface area contributed by atoms with Crippen LogP contribution in [0.3, 0.4) is 0 Å². The highest BCUT2D eigenvalue weighted by Gasteiger charge is 2.34. The van der Waals surface area contributed by atoms with Gasteiger partial charge >= 0.3 is 0 Å². The number of aromatic nitrogens is 2. The number of methoxy groups -OCH3 is 1. The molecule has 1 aliphatic rings. The number of rotatable bonds is 5. The second-order valence-corrected chi connectivity index (χ2v) is 7.57. The van der Waals surface area contributed by atoms with Crippen LogP contribution >= 0.6 is 0 Å². The molecule has 0 spiro atoms. The maximum atomic E-state index is 12.7. The van der Waals surface area contributed by atoms with Gasteiger partial charge in [0, 0.05) is 38.5 Å². The van der Waals surface area contributed by atoms with E-state index in [1.54, 1.807) is 13.3 Å². The van der Waals surface area contributed by atoms with Gasteiger partial charge in [0.2, 0.25) is 0 Å². The molecular weight excluding hydrogens is 340 g/mol. The van der Waals surface area contributed by atoms with Gasteiger partial charge in [0.1, 0.15) is 17.2 Å². The van der Waals surface area contributed by atoms with Gasteiger partial charge < -0.3 is 15.0 Å². The Morgan fingerprint density at radius 2 is 2.11 bits per heavy atom. The molecule has 1 N–H and O–H groups in total. The fraction of sp³-hybridized carbons (Fsp3) is 0.476. The lowest BCUT2D eigenvalue weighted by atomic mass is 9.90. The molecule has 6 nitrogen and oxygen atoms in total. The maximum Gasteiger partial charge on any atom is 0.254 e. The highest BCUT2D eigenvalue weighted by Crippen LogP contribution is 2.30. The van der Waals surface area contributed by atoms with E-state index in [0.29, 0.717) is 12.5 Å². The number of ether oxygens (including phenoxy) is 1. The van der Waals surface area contributed by atoms with Gasteiger partial charge in [-0.2, -0.15) is 0 Å². The normalized spacial score (nSPS) is 17.6. The molecule has 1 amide bonds. The molecule has 0 bridgehead atoms. The number of likely N-dealkylation sites (tertiary alicyclic amines) is 1. The second-order valence-electron chi connectivity index (χ2n) is 7.57. The molecule has 0 saturated carbocycles. The van der Waals surface area contributed by atoms with Crippen molar-refractivity contribution in [3.05, 3.63) is 47.8 Å². The topological polar surface area (TPSA) is 67.3 Å². The van der Waals surface area contributed by atoms with Crippen molar-refractivity contribution < 1.29 is 9.53 Å². The van der Waals surface area contributed by atoms with Crippen molar-refractivity contribution in [3.63, 3.8) is 0 Å². The summed E-state index contributed by atoms with van der Waals surface area (Å²) >= 11 is 0. The summed E-state index contributed by atoms with van der Waals surface area (Å²) in [4.78, 5) is 23.5. The van der Waals surface area contributed by atoms with Gasteiger partial charge in [-0.15, -0.1) is 0 Å². The molecule has 2 aromatic rings. The summed E-state index contributed by atoms with van der Waals surface area (Å²) < 4.78 is 5.37. The zero-order valence-electron chi connectivity index (χ0n) is 16.5. The van der Waals surface area contributed by atoms with Crippen LogP contribution in [-0.4, -0.2) is 46.6 Å². The maximum absolute atomic E-state index is 12.7. The van der Waals surface area contributed by atoms with Crippen LogP contribution in [0, 0.1) is 6.92 Å². The number of piperidine rings is 1. The Morgan fingerprint density at radius 3 is 2.85 bits per heavy atom. The quantitative estimate of drug-likeness (QED) is 0.872. The van der Waals surface area contributed by atoms with Gasteiger partial charge in [-0.25, -0.2) is 9.97 Å². The average Bonchev–Trinajstić information content (AvgIpc) is 2.69. The molecule has 3 heterocycles. The lowest BCUT2D eigenvalue weighted by molar-refractivity contribution is -0.152. The zero-order chi connectivity index (χ0) is 19.4. The van der Waals surface area contributed by atoms with E-state index in [1.807, 2.05) is 50.1 Å². The van der Waals surface area contributed by atoms with E-state index in [0.717, 1.165) is 36.6 Å². The lowest BCUT2D eigenvalue weighted by Crippen LogP contribution is -2.49. The minimum Gasteiger partial charge on any atom is -0.369 e. The van der Waals surface area contributed by atoms with Crippen LogP contribution in [0.15, 0.2) is 36.7 Å². The number of hydrogen-bond acceptors (Lipinski definition) is 5. The summed E-state index contributed by atoms with van der Waals surface area (Å²) in [5, 5.41) is 3.30. The van der Waals surface area contributed by atoms with Crippen molar-refractivity contribution in [2.75, 3.05) is 25.5 Å². The minimum atomic E-state index is -0.788. The number of amides is 1. The van der Waals surface area contributed by atoms with Crippen LogP contribution in [-0.2, 0) is 9.53 Å². The first-order valence-corrected chi connectivity index (χ1v) is 9.40. The number of nitrogens with one attached hydrogen (secondary N) is 1. The molecule has 1 fully saturated rings. The Hall–Kier alpha value is -2.47. The number of hydrogen-bond donors (Lipinski definition) is 1. The van der Waals surface area contributed by atoms with Gasteiger partial charge in [-0.1, -0.05) is 6.07 Å². The molecule has 6 heteroatoms. The Morgan fingerprint density at radius 1 is 1.30 bits per heavy atom. The fourth-order valence-electron chi connectivity index (χ4n) is 3.41. The van der Waals surface area contributed by atoms with Crippen LogP contribution in [0.4, 0.5) is 11.6 Å². The van der Waals surface area contributed by atoms with Gasteiger partial charge in [-0.3, -0.25) is 4.79 Å². The van der Waals surface area contributed by atoms with Gasteiger partial charge in [0.15, 0.2) is 0 Å².